The molecule has 0 unspecified atom stereocenters. The first-order chi connectivity index (χ1) is 8.63. The molecule has 1 saturated carbocycles. The SMILES string of the molecule is N#C/C(=C/NCC(=O)O)C(=O)NC1CCCCC1. The van der Waals surface area contributed by atoms with Gasteiger partial charge in [0.2, 0.25) is 0 Å². The molecule has 6 nitrogen and oxygen atoms in total. The van der Waals surface area contributed by atoms with Gasteiger partial charge in [-0.1, -0.05) is 19.3 Å². The number of hydrogen-bond acceptors (Lipinski definition) is 4. The fraction of sp³-hybridized carbons (Fsp3) is 0.583. The Bertz CT molecular complexity index is 379. The summed E-state index contributed by atoms with van der Waals surface area (Å²) in [4.78, 5) is 22.0. The standard InChI is InChI=1S/C12H17N3O3/c13-6-9(7-14-8-11(16)17)12(18)15-10-4-2-1-3-5-10/h7,10,14H,1-5,8H2,(H,15,18)(H,16,17)/b9-7-. The van der Waals surface area contributed by atoms with Gasteiger partial charge in [-0.25, -0.2) is 0 Å². The van der Waals surface area contributed by atoms with Gasteiger partial charge >= 0.3 is 5.97 Å². The van der Waals surface area contributed by atoms with Crippen LogP contribution in [-0.4, -0.2) is 29.6 Å². The van der Waals surface area contributed by atoms with Crippen molar-refractivity contribution in [3.8, 4) is 6.07 Å². The Morgan fingerprint density at radius 2 is 2.00 bits per heavy atom. The molecule has 0 spiro atoms. The van der Waals surface area contributed by atoms with E-state index in [0.717, 1.165) is 31.9 Å². The highest BCUT2D eigenvalue weighted by atomic mass is 16.4. The molecule has 98 valence electrons. The van der Waals surface area contributed by atoms with E-state index in [1.54, 1.807) is 6.07 Å². The molecule has 1 aliphatic carbocycles. The van der Waals surface area contributed by atoms with Gasteiger partial charge in [0.1, 0.15) is 18.2 Å². The molecule has 18 heavy (non-hydrogen) atoms. The van der Waals surface area contributed by atoms with Gasteiger partial charge in [-0.3, -0.25) is 9.59 Å². The van der Waals surface area contributed by atoms with E-state index in [1.165, 1.54) is 6.42 Å². The van der Waals surface area contributed by atoms with Crippen LogP contribution in [0.15, 0.2) is 11.8 Å². The van der Waals surface area contributed by atoms with Crippen LogP contribution in [0, 0.1) is 11.3 Å². The molecule has 0 aromatic carbocycles. The van der Waals surface area contributed by atoms with Crippen LogP contribution in [0.3, 0.4) is 0 Å². The van der Waals surface area contributed by atoms with Gasteiger partial charge in [-0.05, 0) is 12.8 Å². The van der Waals surface area contributed by atoms with Gasteiger partial charge in [-0.15, -0.1) is 0 Å². The quantitative estimate of drug-likeness (QED) is 0.488. The number of nitrogens with one attached hydrogen (secondary N) is 2. The lowest BCUT2D eigenvalue weighted by Crippen LogP contribution is -2.37. The maximum absolute atomic E-state index is 11.7. The normalized spacial score (nSPS) is 16.7. The molecule has 1 fully saturated rings. The third-order valence-electron chi connectivity index (χ3n) is 2.81. The van der Waals surface area contributed by atoms with Crippen molar-refractivity contribution in [1.29, 1.82) is 5.26 Å². The molecular weight excluding hydrogens is 234 g/mol. The number of nitriles is 1. The first-order valence-corrected chi connectivity index (χ1v) is 6.00. The van der Waals surface area contributed by atoms with Crippen LogP contribution in [0.2, 0.25) is 0 Å². The van der Waals surface area contributed by atoms with E-state index < -0.39 is 11.9 Å². The topological polar surface area (TPSA) is 102 Å². The number of rotatable bonds is 5. The van der Waals surface area contributed by atoms with E-state index in [0.29, 0.717) is 0 Å². The largest absolute Gasteiger partial charge is 0.480 e. The Kier molecular flexibility index (Phi) is 5.71. The van der Waals surface area contributed by atoms with Gasteiger partial charge in [0.15, 0.2) is 0 Å². The molecule has 0 atom stereocenters. The molecule has 0 aromatic heterocycles. The van der Waals surface area contributed by atoms with Crippen molar-refractivity contribution in [1.82, 2.24) is 10.6 Å². The maximum atomic E-state index is 11.7. The van der Waals surface area contributed by atoms with Crippen molar-refractivity contribution < 1.29 is 14.7 Å². The average Bonchev–Trinajstić information content (AvgIpc) is 2.35. The lowest BCUT2D eigenvalue weighted by atomic mass is 9.95. The second-order valence-corrected chi connectivity index (χ2v) is 4.25. The van der Waals surface area contributed by atoms with Gasteiger partial charge in [-0.2, -0.15) is 5.26 Å². The van der Waals surface area contributed by atoms with Crippen LogP contribution in [-0.2, 0) is 9.59 Å². The lowest BCUT2D eigenvalue weighted by molar-refractivity contribution is -0.135. The molecule has 1 rings (SSSR count). The highest BCUT2D eigenvalue weighted by Crippen LogP contribution is 2.17. The Morgan fingerprint density at radius 3 is 2.56 bits per heavy atom. The van der Waals surface area contributed by atoms with E-state index in [4.69, 9.17) is 10.4 Å². The smallest absolute Gasteiger partial charge is 0.322 e. The molecule has 6 heteroatoms. The van der Waals surface area contributed by atoms with Crippen molar-refractivity contribution in [3.05, 3.63) is 11.8 Å². The molecule has 1 aliphatic rings. The summed E-state index contributed by atoms with van der Waals surface area (Å²) in [6.07, 6.45) is 6.39. The minimum absolute atomic E-state index is 0.0955. The van der Waals surface area contributed by atoms with E-state index in [1.807, 2.05) is 0 Å². The van der Waals surface area contributed by atoms with Crippen LogP contribution in [0.5, 0.6) is 0 Å². The summed E-state index contributed by atoms with van der Waals surface area (Å²) in [5.74, 6) is -1.49. The molecular formula is C12H17N3O3. The van der Waals surface area contributed by atoms with Crippen molar-refractivity contribution in [2.24, 2.45) is 0 Å². The molecule has 0 bridgehead atoms. The summed E-state index contributed by atoms with van der Waals surface area (Å²) in [6, 6.07) is 1.89. The fourth-order valence-corrected chi connectivity index (χ4v) is 1.90. The summed E-state index contributed by atoms with van der Waals surface area (Å²) in [7, 11) is 0. The highest BCUT2D eigenvalue weighted by Gasteiger charge is 2.17. The van der Waals surface area contributed by atoms with Crippen molar-refractivity contribution in [2.75, 3.05) is 6.54 Å². The molecule has 3 N–H and O–H groups in total. The number of hydrogen-bond donors (Lipinski definition) is 3. The monoisotopic (exact) mass is 251 g/mol. The second kappa shape index (κ2) is 7.33. The second-order valence-electron chi connectivity index (χ2n) is 4.25. The number of nitrogens with zero attached hydrogens (tertiary/aromatic N) is 1. The number of amides is 1. The molecule has 0 radical (unpaired) electrons. The van der Waals surface area contributed by atoms with Crippen LogP contribution >= 0.6 is 0 Å². The predicted octanol–water partition coefficient (Wildman–Crippen LogP) is 0.517. The van der Waals surface area contributed by atoms with Gasteiger partial charge in [0, 0.05) is 12.2 Å². The Labute approximate surface area is 106 Å². The van der Waals surface area contributed by atoms with Crippen molar-refractivity contribution >= 4 is 11.9 Å². The Hall–Kier alpha value is -2.03. The minimum atomic E-state index is -1.05. The number of carboxylic acids is 1. The zero-order valence-electron chi connectivity index (χ0n) is 10.1. The third kappa shape index (κ3) is 4.87. The van der Waals surface area contributed by atoms with Gasteiger partial charge in [0.05, 0.1) is 0 Å². The van der Waals surface area contributed by atoms with Gasteiger partial charge in [0.25, 0.3) is 5.91 Å². The van der Waals surface area contributed by atoms with Crippen molar-refractivity contribution in [3.63, 3.8) is 0 Å². The minimum Gasteiger partial charge on any atom is -0.480 e. The Morgan fingerprint density at radius 1 is 1.33 bits per heavy atom. The van der Waals surface area contributed by atoms with Crippen LogP contribution in [0.4, 0.5) is 0 Å². The lowest BCUT2D eigenvalue weighted by Gasteiger charge is -2.22. The predicted molar refractivity (Wildman–Crippen MR) is 64.4 cm³/mol. The number of carboxylic acid groups (broad SMARTS) is 1. The summed E-state index contributed by atoms with van der Waals surface area (Å²) >= 11 is 0. The molecule has 0 saturated heterocycles. The van der Waals surface area contributed by atoms with Crippen LogP contribution < -0.4 is 10.6 Å². The maximum Gasteiger partial charge on any atom is 0.322 e. The molecule has 1 amide bonds. The third-order valence-corrected chi connectivity index (χ3v) is 2.81. The molecule has 0 heterocycles. The van der Waals surface area contributed by atoms with E-state index in [9.17, 15) is 9.59 Å². The summed E-state index contributed by atoms with van der Waals surface area (Å²) in [5.41, 5.74) is -0.0955. The average molecular weight is 251 g/mol. The van der Waals surface area contributed by atoms with E-state index in [-0.39, 0.29) is 18.2 Å². The summed E-state index contributed by atoms with van der Waals surface area (Å²) in [6.45, 7) is -0.318. The first-order valence-electron chi connectivity index (χ1n) is 6.00. The number of carbonyl (C=O) groups excluding carboxylic acids is 1. The highest BCUT2D eigenvalue weighted by molar-refractivity contribution is 5.97. The zero-order chi connectivity index (χ0) is 13.4. The summed E-state index contributed by atoms with van der Waals surface area (Å²) in [5, 5.41) is 22.4. The number of aliphatic carboxylic acids is 1. The van der Waals surface area contributed by atoms with Crippen LogP contribution in [0.25, 0.3) is 0 Å². The zero-order valence-corrected chi connectivity index (χ0v) is 10.1. The van der Waals surface area contributed by atoms with E-state index in [2.05, 4.69) is 10.6 Å². The Balaban J connectivity index is 2.46. The molecule has 0 aromatic rings. The van der Waals surface area contributed by atoms with Gasteiger partial charge < -0.3 is 15.7 Å². The first kappa shape index (κ1) is 14.0. The number of carbonyl (C=O) groups is 2. The van der Waals surface area contributed by atoms with Crippen molar-refractivity contribution in [2.45, 2.75) is 38.1 Å². The fourth-order valence-electron chi connectivity index (χ4n) is 1.90. The van der Waals surface area contributed by atoms with Crippen LogP contribution in [0.1, 0.15) is 32.1 Å². The summed E-state index contributed by atoms with van der Waals surface area (Å²) < 4.78 is 0. The van der Waals surface area contributed by atoms with E-state index >= 15 is 0 Å². The molecule has 0 aliphatic heterocycles.